The minimum atomic E-state index is -1.27. The standard InChI is InChI=1S/C9H16O7/c1-5(10)8(13)15-3-7(12)4-16-9(14)6(2)11/h5-7,10-12H,3-4H2,1-2H3/t5-,6-/m1/s1. The number of aliphatic hydroxyl groups excluding tert-OH is 3. The van der Waals surface area contributed by atoms with E-state index in [9.17, 15) is 14.7 Å². The highest BCUT2D eigenvalue weighted by molar-refractivity contribution is 5.74. The normalized spacial score (nSPS) is 14.4. The summed E-state index contributed by atoms with van der Waals surface area (Å²) in [4.78, 5) is 21.5. The first-order valence-electron chi connectivity index (χ1n) is 4.72. The van der Waals surface area contributed by atoms with Crippen LogP contribution in [-0.4, -0.2) is 58.8 Å². The quantitative estimate of drug-likeness (QED) is 0.466. The number of carbonyl (C=O) groups is 2. The van der Waals surface area contributed by atoms with Crippen molar-refractivity contribution < 1.29 is 34.4 Å². The third-order valence-corrected chi connectivity index (χ3v) is 1.52. The van der Waals surface area contributed by atoms with Crippen molar-refractivity contribution in [2.45, 2.75) is 32.2 Å². The van der Waals surface area contributed by atoms with E-state index in [1.807, 2.05) is 0 Å². The third kappa shape index (κ3) is 6.33. The highest BCUT2D eigenvalue weighted by atomic mass is 16.6. The van der Waals surface area contributed by atoms with E-state index in [0.717, 1.165) is 0 Å². The van der Waals surface area contributed by atoms with E-state index in [2.05, 4.69) is 9.47 Å². The van der Waals surface area contributed by atoms with Crippen molar-refractivity contribution >= 4 is 11.9 Å². The topological polar surface area (TPSA) is 113 Å². The maximum absolute atomic E-state index is 10.8. The molecule has 0 bridgehead atoms. The molecule has 7 nitrogen and oxygen atoms in total. The molecule has 0 aromatic rings. The van der Waals surface area contributed by atoms with Gasteiger partial charge in [0.15, 0.2) is 0 Å². The molecule has 16 heavy (non-hydrogen) atoms. The highest BCUT2D eigenvalue weighted by Gasteiger charge is 2.16. The SMILES string of the molecule is C[C@@H](O)C(=O)OCC(O)COC(=O)[C@@H](C)O. The van der Waals surface area contributed by atoms with Gasteiger partial charge in [0.25, 0.3) is 0 Å². The van der Waals surface area contributed by atoms with E-state index in [4.69, 9.17) is 10.2 Å². The predicted octanol–water partition coefficient (Wildman–Crippen LogP) is -1.80. The summed E-state index contributed by atoms with van der Waals surface area (Å²) in [5, 5.41) is 26.7. The van der Waals surface area contributed by atoms with E-state index in [1.165, 1.54) is 13.8 Å². The van der Waals surface area contributed by atoms with Crippen LogP contribution >= 0.6 is 0 Å². The van der Waals surface area contributed by atoms with E-state index in [-0.39, 0.29) is 0 Å². The monoisotopic (exact) mass is 236 g/mol. The van der Waals surface area contributed by atoms with Crippen LogP contribution in [0, 0.1) is 0 Å². The van der Waals surface area contributed by atoms with Gasteiger partial charge in [-0.1, -0.05) is 0 Å². The van der Waals surface area contributed by atoms with Crippen LogP contribution in [0.15, 0.2) is 0 Å². The first-order valence-corrected chi connectivity index (χ1v) is 4.72. The van der Waals surface area contributed by atoms with Crippen LogP contribution in [0.4, 0.5) is 0 Å². The summed E-state index contributed by atoms with van der Waals surface area (Å²) in [6, 6.07) is 0. The lowest BCUT2D eigenvalue weighted by Gasteiger charge is -2.13. The Morgan fingerprint density at radius 1 is 0.938 bits per heavy atom. The molecule has 0 spiro atoms. The molecule has 0 radical (unpaired) electrons. The Hall–Kier alpha value is -1.18. The van der Waals surface area contributed by atoms with Crippen molar-refractivity contribution in [1.82, 2.24) is 0 Å². The Morgan fingerprint density at radius 3 is 1.50 bits per heavy atom. The Bertz CT molecular complexity index is 212. The molecule has 0 aliphatic heterocycles. The first kappa shape index (κ1) is 14.8. The molecule has 7 heteroatoms. The van der Waals surface area contributed by atoms with Gasteiger partial charge in [0, 0.05) is 0 Å². The number of ether oxygens (including phenoxy) is 2. The van der Waals surface area contributed by atoms with Gasteiger partial charge < -0.3 is 24.8 Å². The zero-order valence-corrected chi connectivity index (χ0v) is 9.12. The third-order valence-electron chi connectivity index (χ3n) is 1.52. The van der Waals surface area contributed by atoms with E-state index in [0.29, 0.717) is 0 Å². The zero-order chi connectivity index (χ0) is 12.7. The van der Waals surface area contributed by atoms with Gasteiger partial charge in [-0.25, -0.2) is 9.59 Å². The molecule has 0 aromatic carbocycles. The lowest BCUT2D eigenvalue weighted by molar-refractivity contribution is -0.161. The summed E-state index contributed by atoms with van der Waals surface area (Å²) in [6.07, 6.45) is -3.73. The Balaban J connectivity index is 3.71. The molecule has 0 amide bonds. The van der Waals surface area contributed by atoms with Crippen molar-refractivity contribution in [2.75, 3.05) is 13.2 Å². The molecule has 0 aliphatic rings. The maximum Gasteiger partial charge on any atom is 0.334 e. The molecule has 94 valence electrons. The Morgan fingerprint density at radius 2 is 1.25 bits per heavy atom. The molecule has 3 N–H and O–H groups in total. The second-order valence-corrected chi connectivity index (χ2v) is 3.27. The minimum Gasteiger partial charge on any atom is -0.461 e. The summed E-state index contributed by atoms with van der Waals surface area (Å²) in [5.41, 5.74) is 0. The average Bonchev–Trinajstić information content (AvgIpc) is 2.21. The van der Waals surface area contributed by atoms with Gasteiger partial charge in [0.05, 0.1) is 0 Å². The van der Waals surface area contributed by atoms with Crippen molar-refractivity contribution in [2.24, 2.45) is 0 Å². The molecule has 2 atom stereocenters. The molecule has 0 saturated heterocycles. The summed E-state index contributed by atoms with van der Waals surface area (Å²) in [5.74, 6) is -1.75. The van der Waals surface area contributed by atoms with Gasteiger partial charge >= 0.3 is 11.9 Å². The van der Waals surface area contributed by atoms with Crippen LogP contribution in [0.25, 0.3) is 0 Å². The number of carbonyl (C=O) groups excluding carboxylic acids is 2. The van der Waals surface area contributed by atoms with Gasteiger partial charge in [0.1, 0.15) is 31.5 Å². The fraction of sp³-hybridized carbons (Fsp3) is 0.778. The molecule has 0 aromatic heterocycles. The lowest BCUT2D eigenvalue weighted by Crippen LogP contribution is -2.30. The summed E-state index contributed by atoms with van der Waals surface area (Å²) < 4.78 is 8.93. The van der Waals surface area contributed by atoms with Gasteiger partial charge in [-0.15, -0.1) is 0 Å². The van der Waals surface area contributed by atoms with Crippen LogP contribution in [0.5, 0.6) is 0 Å². The summed E-state index contributed by atoms with van der Waals surface area (Å²) >= 11 is 0. The Labute approximate surface area is 92.6 Å². The highest BCUT2D eigenvalue weighted by Crippen LogP contribution is 1.94. The fourth-order valence-electron chi connectivity index (χ4n) is 0.646. The van der Waals surface area contributed by atoms with Crippen molar-refractivity contribution in [3.63, 3.8) is 0 Å². The molecule has 0 unspecified atom stereocenters. The maximum atomic E-state index is 10.8. The Kier molecular flexibility index (Phi) is 6.63. The first-order chi connectivity index (χ1) is 7.34. The minimum absolute atomic E-state index is 0.392. The second kappa shape index (κ2) is 7.15. The smallest absolute Gasteiger partial charge is 0.334 e. The molecule has 0 aliphatic carbocycles. The van der Waals surface area contributed by atoms with Crippen LogP contribution in [0.1, 0.15) is 13.8 Å². The van der Waals surface area contributed by atoms with Crippen molar-refractivity contribution in [3.05, 3.63) is 0 Å². The largest absolute Gasteiger partial charge is 0.461 e. The van der Waals surface area contributed by atoms with E-state index >= 15 is 0 Å². The molecule has 0 rings (SSSR count). The molecular formula is C9H16O7. The zero-order valence-electron chi connectivity index (χ0n) is 9.12. The number of esters is 2. The van der Waals surface area contributed by atoms with E-state index < -0.39 is 43.5 Å². The van der Waals surface area contributed by atoms with Crippen molar-refractivity contribution in [1.29, 1.82) is 0 Å². The van der Waals surface area contributed by atoms with Gasteiger partial charge in [-0.05, 0) is 13.8 Å². The van der Waals surface area contributed by atoms with Crippen molar-refractivity contribution in [3.8, 4) is 0 Å². The van der Waals surface area contributed by atoms with Crippen LogP contribution in [-0.2, 0) is 19.1 Å². The molecule has 0 heterocycles. The predicted molar refractivity (Wildman–Crippen MR) is 51.3 cm³/mol. The van der Waals surface area contributed by atoms with Gasteiger partial charge in [0.2, 0.25) is 0 Å². The van der Waals surface area contributed by atoms with Gasteiger partial charge in [-0.3, -0.25) is 0 Å². The summed E-state index contributed by atoms with van der Waals surface area (Å²) in [6.45, 7) is 1.66. The number of hydrogen-bond donors (Lipinski definition) is 3. The molecular weight excluding hydrogens is 220 g/mol. The van der Waals surface area contributed by atoms with Crippen LogP contribution in [0.2, 0.25) is 0 Å². The average molecular weight is 236 g/mol. The number of aliphatic hydroxyl groups is 3. The number of hydrogen-bond acceptors (Lipinski definition) is 7. The second-order valence-electron chi connectivity index (χ2n) is 3.27. The molecule has 0 fully saturated rings. The van der Waals surface area contributed by atoms with Crippen LogP contribution < -0.4 is 0 Å². The van der Waals surface area contributed by atoms with Crippen LogP contribution in [0.3, 0.4) is 0 Å². The molecule has 0 saturated carbocycles. The van der Waals surface area contributed by atoms with E-state index in [1.54, 1.807) is 0 Å². The lowest BCUT2D eigenvalue weighted by atomic mass is 10.4. The number of rotatable bonds is 6. The van der Waals surface area contributed by atoms with Gasteiger partial charge in [-0.2, -0.15) is 0 Å². The summed E-state index contributed by atoms with van der Waals surface area (Å²) in [7, 11) is 0. The fourth-order valence-corrected chi connectivity index (χ4v) is 0.646.